The van der Waals surface area contributed by atoms with Crippen molar-refractivity contribution in [2.75, 3.05) is 39.4 Å². The number of morpholine rings is 1. The second kappa shape index (κ2) is 5.41. The highest BCUT2D eigenvalue weighted by Crippen LogP contribution is 2.43. The van der Waals surface area contributed by atoms with Crippen LogP contribution in [0.25, 0.3) is 0 Å². The first-order valence-electron chi connectivity index (χ1n) is 7.45. The SMILES string of the molecule is CC(C)(C)[C@]1(C)CCCN1C(=O)CN1CCOCC1. The van der Waals surface area contributed by atoms with Gasteiger partial charge in [0.2, 0.25) is 5.91 Å². The first-order chi connectivity index (χ1) is 8.84. The van der Waals surface area contributed by atoms with Crippen molar-refractivity contribution in [1.82, 2.24) is 9.80 Å². The first kappa shape index (κ1) is 14.8. The second-order valence-electron chi connectivity index (χ2n) is 7.06. The minimum absolute atomic E-state index is 0.00360. The molecule has 1 amide bonds. The molecule has 2 saturated heterocycles. The first-order valence-corrected chi connectivity index (χ1v) is 7.45. The van der Waals surface area contributed by atoms with Gasteiger partial charge in [-0.25, -0.2) is 0 Å². The number of hydrogen-bond donors (Lipinski definition) is 0. The van der Waals surface area contributed by atoms with Crippen molar-refractivity contribution < 1.29 is 9.53 Å². The van der Waals surface area contributed by atoms with E-state index in [0.717, 1.165) is 45.7 Å². The van der Waals surface area contributed by atoms with E-state index in [1.807, 2.05) is 0 Å². The molecule has 4 nitrogen and oxygen atoms in total. The summed E-state index contributed by atoms with van der Waals surface area (Å²) in [7, 11) is 0. The standard InChI is InChI=1S/C15H28N2O2/c1-14(2,3)15(4)6-5-7-17(15)13(18)12-16-8-10-19-11-9-16/h5-12H2,1-4H3/t15-/m0/s1. The molecule has 1 atom stereocenters. The van der Waals surface area contributed by atoms with Crippen molar-refractivity contribution in [3.8, 4) is 0 Å². The minimum Gasteiger partial charge on any atom is -0.379 e. The number of nitrogens with zero attached hydrogens (tertiary/aromatic N) is 2. The summed E-state index contributed by atoms with van der Waals surface area (Å²) in [6.45, 7) is 13.7. The van der Waals surface area contributed by atoms with Crippen LogP contribution in [0.1, 0.15) is 40.5 Å². The smallest absolute Gasteiger partial charge is 0.237 e. The van der Waals surface area contributed by atoms with Crippen LogP contribution in [0, 0.1) is 5.41 Å². The summed E-state index contributed by atoms with van der Waals surface area (Å²) >= 11 is 0. The maximum absolute atomic E-state index is 12.6. The van der Waals surface area contributed by atoms with Crippen LogP contribution in [0.2, 0.25) is 0 Å². The quantitative estimate of drug-likeness (QED) is 0.765. The van der Waals surface area contributed by atoms with Gasteiger partial charge in [-0.1, -0.05) is 20.8 Å². The summed E-state index contributed by atoms with van der Waals surface area (Å²) in [4.78, 5) is 17.0. The van der Waals surface area contributed by atoms with E-state index in [4.69, 9.17) is 4.74 Å². The Morgan fingerprint density at radius 3 is 2.42 bits per heavy atom. The van der Waals surface area contributed by atoms with Gasteiger partial charge in [-0.3, -0.25) is 9.69 Å². The Bertz CT molecular complexity index is 332. The van der Waals surface area contributed by atoms with Crippen LogP contribution in [-0.4, -0.2) is 60.6 Å². The maximum Gasteiger partial charge on any atom is 0.237 e. The normalized spacial score (nSPS) is 29.8. The molecule has 2 aliphatic rings. The molecule has 0 aliphatic carbocycles. The summed E-state index contributed by atoms with van der Waals surface area (Å²) < 4.78 is 5.34. The van der Waals surface area contributed by atoms with Gasteiger partial charge in [0, 0.05) is 25.2 Å². The summed E-state index contributed by atoms with van der Waals surface area (Å²) in [6.07, 6.45) is 2.24. The van der Waals surface area contributed by atoms with Crippen LogP contribution < -0.4 is 0 Å². The average Bonchev–Trinajstić information content (AvgIpc) is 2.73. The van der Waals surface area contributed by atoms with E-state index in [9.17, 15) is 4.79 Å². The molecule has 0 radical (unpaired) electrons. The fourth-order valence-electron chi connectivity index (χ4n) is 3.18. The zero-order valence-electron chi connectivity index (χ0n) is 12.9. The van der Waals surface area contributed by atoms with E-state index in [2.05, 4.69) is 37.5 Å². The molecular weight excluding hydrogens is 240 g/mol. The maximum atomic E-state index is 12.6. The van der Waals surface area contributed by atoms with E-state index in [0.29, 0.717) is 6.54 Å². The molecule has 0 aromatic rings. The third-order valence-corrected chi connectivity index (χ3v) is 5.02. The Balaban J connectivity index is 2.01. The molecule has 4 heteroatoms. The molecule has 0 N–H and O–H groups in total. The minimum atomic E-state index is -0.00360. The Morgan fingerprint density at radius 2 is 1.84 bits per heavy atom. The van der Waals surface area contributed by atoms with Gasteiger partial charge in [0.05, 0.1) is 19.8 Å². The van der Waals surface area contributed by atoms with Crippen LogP contribution in [0.3, 0.4) is 0 Å². The number of amides is 1. The van der Waals surface area contributed by atoms with Crippen molar-refractivity contribution in [1.29, 1.82) is 0 Å². The van der Waals surface area contributed by atoms with E-state index < -0.39 is 0 Å². The van der Waals surface area contributed by atoms with Crippen LogP contribution in [0.15, 0.2) is 0 Å². The molecular formula is C15H28N2O2. The largest absolute Gasteiger partial charge is 0.379 e. The van der Waals surface area contributed by atoms with E-state index in [1.165, 1.54) is 0 Å². The van der Waals surface area contributed by atoms with Crippen LogP contribution in [-0.2, 0) is 9.53 Å². The number of rotatable bonds is 2. The molecule has 2 fully saturated rings. The molecule has 2 aliphatic heterocycles. The number of hydrogen-bond acceptors (Lipinski definition) is 3. The van der Waals surface area contributed by atoms with Crippen molar-refractivity contribution in [3.63, 3.8) is 0 Å². The summed E-state index contributed by atoms with van der Waals surface area (Å²) in [5.74, 6) is 0.289. The van der Waals surface area contributed by atoms with E-state index >= 15 is 0 Å². The van der Waals surface area contributed by atoms with Crippen LogP contribution in [0.5, 0.6) is 0 Å². The fourth-order valence-corrected chi connectivity index (χ4v) is 3.18. The van der Waals surface area contributed by atoms with Gasteiger partial charge in [-0.2, -0.15) is 0 Å². The number of carbonyl (C=O) groups is 1. The molecule has 0 aromatic carbocycles. The summed E-state index contributed by atoms with van der Waals surface area (Å²) in [5, 5.41) is 0. The van der Waals surface area contributed by atoms with Crippen molar-refractivity contribution in [3.05, 3.63) is 0 Å². The van der Waals surface area contributed by atoms with Gasteiger partial charge in [-0.05, 0) is 25.2 Å². The lowest BCUT2D eigenvalue weighted by Crippen LogP contribution is -2.56. The third-order valence-electron chi connectivity index (χ3n) is 5.02. The lowest BCUT2D eigenvalue weighted by atomic mass is 9.73. The highest BCUT2D eigenvalue weighted by atomic mass is 16.5. The molecule has 0 unspecified atom stereocenters. The fraction of sp³-hybridized carbons (Fsp3) is 0.933. The van der Waals surface area contributed by atoms with E-state index in [-0.39, 0.29) is 16.9 Å². The lowest BCUT2D eigenvalue weighted by molar-refractivity contribution is -0.140. The lowest BCUT2D eigenvalue weighted by Gasteiger charge is -2.46. The van der Waals surface area contributed by atoms with Crippen molar-refractivity contribution in [2.45, 2.75) is 46.1 Å². The molecule has 2 heterocycles. The van der Waals surface area contributed by atoms with Gasteiger partial charge >= 0.3 is 0 Å². The topological polar surface area (TPSA) is 32.8 Å². The molecule has 110 valence electrons. The molecule has 0 spiro atoms. The number of likely N-dealkylation sites (tertiary alicyclic amines) is 1. The van der Waals surface area contributed by atoms with Crippen molar-refractivity contribution >= 4 is 5.91 Å². The molecule has 0 bridgehead atoms. The summed E-state index contributed by atoms with van der Waals surface area (Å²) in [6, 6.07) is 0. The molecule has 2 rings (SSSR count). The molecule has 0 aromatic heterocycles. The number of carbonyl (C=O) groups excluding carboxylic acids is 1. The van der Waals surface area contributed by atoms with Gasteiger partial charge in [0.15, 0.2) is 0 Å². The number of ether oxygens (including phenoxy) is 1. The second-order valence-corrected chi connectivity index (χ2v) is 7.06. The monoisotopic (exact) mass is 268 g/mol. The van der Waals surface area contributed by atoms with Crippen LogP contribution >= 0.6 is 0 Å². The molecule has 19 heavy (non-hydrogen) atoms. The zero-order valence-corrected chi connectivity index (χ0v) is 12.9. The zero-order chi connectivity index (χ0) is 14.1. The predicted octanol–water partition coefficient (Wildman–Crippen LogP) is 1.75. The average molecular weight is 268 g/mol. The van der Waals surface area contributed by atoms with E-state index in [1.54, 1.807) is 0 Å². The highest BCUT2D eigenvalue weighted by Gasteiger charge is 2.47. The Labute approximate surface area is 117 Å². The Morgan fingerprint density at radius 1 is 1.21 bits per heavy atom. The van der Waals surface area contributed by atoms with Gasteiger partial charge in [0.1, 0.15) is 0 Å². The summed E-state index contributed by atoms with van der Waals surface area (Å²) in [5.41, 5.74) is 0.126. The van der Waals surface area contributed by atoms with Gasteiger partial charge in [0.25, 0.3) is 0 Å². The van der Waals surface area contributed by atoms with Crippen molar-refractivity contribution in [2.24, 2.45) is 5.41 Å². The van der Waals surface area contributed by atoms with Crippen LogP contribution in [0.4, 0.5) is 0 Å². The Kier molecular flexibility index (Phi) is 4.21. The highest BCUT2D eigenvalue weighted by molar-refractivity contribution is 5.79. The van der Waals surface area contributed by atoms with Gasteiger partial charge < -0.3 is 9.64 Å². The molecule has 0 saturated carbocycles. The Hall–Kier alpha value is -0.610. The predicted molar refractivity (Wildman–Crippen MR) is 76.1 cm³/mol. The third kappa shape index (κ3) is 2.95. The van der Waals surface area contributed by atoms with Gasteiger partial charge in [-0.15, -0.1) is 0 Å².